The highest BCUT2D eigenvalue weighted by Crippen LogP contribution is 2.27. The fraction of sp³-hybridized carbons (Fsp3) is 0.294. The number of anilines is 1. The molecule has 3 heteroatoms. The van der Waals surface area contributed by atoms with Gasteiger partial charge in [0.25, 0.3) is 0 Å². The molecule has 2 aromatic carbocycles. The van der Waals surface area contributed by atoms with Crippen LogP contribution in [0.15, 0.2) is 42.5 Å². The largest absolute Gasteiger partial charge is 0.497 e. The maximum Gasteiger partial charge on any atom is 0.142 e. The molecule has 2 rings (SSSR count). The second-order valence-corrected chi connectivity index (χ2v) is 5.09. The lowest BCUT2D eigenvalue weighted by molar-refractivity contribution is 0.307. The van der Waals surface area contributed by atoms with Gasteiger partial charge >= 0.3 is 0 Å². The summed E-state index contributed by atoms with van der Waals surface area (Å²) in [5.41, 5.74) is 9.01. The van der Waals surface area contributed by atoms with Gasteiger partial charge in [0.1, 0.15) is 18.1 Å². The van der Waals surface area contributed by atoms with Crippen LogP contribution in [0, 0.1) is 0 Å². The maximum atomic E-state index is 6.02. The Morgan fingerprint density at radius 2 is 1.75 bits per heavy atom. The Kier molecular flexibility index (Phi) is 4.51. The lowest BCUT2D eigenvalue weighted by atomic mass is 10.0. The van der Waals surface area contributed by atoms with E-state index < -0.39 is 0 Å². The lowest BCUT2D eigenvalue weighted by Crippen LogP contribution is -2.00. The van der Waals surface area contributed by atoms with E-state index in [1.807, 2.05) is 36.4 Å². The van der Waals surface area contributed by atoms with Crippen molar-refractivity contribution in [2.75, 3.05) is 12.8 Å². The van der Waals surface area contributed by atoms with Crippen LogP contribution in [0.1, 0.15) is 30.9 Å². The van der Waals surface area contributed by atoms with E-state index in [-0.39, 0.29) is 0 Å². The summed E-state index contributed by atoms with van der Waals surface area (Å²) in [7, 11) is 1.66. The number of rotatable bonds is 5. The van der Waals surface area contributed by atoms with Crippen LogP contribution in [-0.2, 0) is 6.61 Å². The van der Waals surface area contributed by atoms with Crippen LogP contribution in [0.5, 0.6) is 11.5 Å². The third-order valence-electron chi connectivity index (χ3n) is 3.25. The molecular formula is C17H21NO2. The molecule has 0 aliphatic carbocycles. The third-order valence-corrected chi connectivity index (χ3v) is 3.25. The van der Waals surface area contributed by atoms with Gasteiger partial charge in [-0.3, -0.25) is 0 Å². The molecule has 3 nitrogen and oxygen atoms in total. The van der Waals surface area contributed by atoms with Crippen molar-refractivity contribution in [2.24, 2.45) is 0 Å². The average molecular weight is 271 g/mol. The Morgan fingerprint density at radius 1 is 1.05 bits per heavy atom. The molecule has 0 aliphatic rings. The molecular weight excluding hydrogens is 250 g/mol. The van der Waals surface area contributed by atoms with Gasteiger partial charge < -0.3 is 15.2 Å². The monoisotopic (exact) mass is 271 g/mol. The topological polar surface area (TPSA) is 44.5 Å². The first kappa shape index (κ1) is 14.3. The van der Waals surface area contributed by atoms with Gasteiger partial charge in [0.05, 0.1) is 12.8 Å². The van der Waals surface area contributed by atoms with Gasteiger partial charge in [-0.15, -0.1) is 0 Å². The number of nitrogens with two attached hydrogens (primary N) is 1. The lowest BCUT2D eigenvalue weighted by Gasteiger charge is -2.12. The molecule has 20 heavy (non-hydrogen) atoms. The average Bonchev–Trinajstić information content (AvgIpc) is 2.46. The highest BCUT2D eigenvalue weighted by molar-refractivity contribution is 5.54. The molecule has 2 aromatic rings. The molecule has 2 N–H and O–H groups in total. The summed E-state index contributed by atoms with van der Waals surface area (Å²) in [6.07, 6.45) is 0. The van der Waals surface area contributed by atoms with Gasteiger partial charge in [-0.25, -0.2) is 0 Å². The molecule has 0 saturated carbocycles. The highest BCUT2D eigenvalue weighted by atomic mass is 16.5. The Hall–Kier alpha value is -2.16. The van der Waals surface area contributed by atoms with Crippen molar-refractivity contribution in [3.8, 4) is 11.5 Å². The zero-order valence-corrected chi connectivity index (χ0v) is 12.2. The zero-order chi connectivity index (χ0) is 14.5. The van der Waals surface area contributed by atoms with Gasteiger partial charge in [-0.2, -0.15) is 0 Å². The van der Waals surface area contributed by atoms with Crippen LogP contribution >= 0.6 is 0 Å². The predicted octanol–water partition coefficient (Wildman–Crippen LogP) is 3.98. The fourth-order valence-corrected chi connectivity index (χ4v) is 1.94. The molecule has 0 saturated heterocycles. The van der Waals surface area contributed by atoms with Crippen LogP contribution in [0.2, 0.25) is 0 Å². The Labute approximate surface area is 120 Å². The standard InChI is InChI=1S/C17H21NO2/c1-12(2)14-6-9-17(16(18)10-14)20-11-13-4-7-15(19-3)8-5-13/h4-10,12H,11,18H2,1-3H3. The number of hydrogen-bond donors (Lipinski definition) is 1. The van der Waals surface area contributed by atoms with Crippen molar-refractivity contribution in [3.63, 3.8) is 0 Å². The fourth-order valence-electron chi connectivity index (χ4n) is 1.94. The molecule has 0 aliphatic heterocycles. The van der Waals surface area contributed by atoms with Gasteiger partial charge in [0, 0.05) is 0 Å². The van der Waals surface area contributed by atoms with E-state index in [4.69, 9.17) is 15.2 Å². The SMILES string of the molecule is COc1ccc(COc2ccc(C(C)C)cc2N)cc1. The van der Waals surface area contributed by atoms with Crippen LogP contribution in [0.25, 0.3) is 0 Å². The normalized spacial score (nSPS) is 10.6. The quantitative estimate of drug-likeness (QED) is 0.836. The molecule has 0 bridgehead atoms. The molecule has 0 amide bonds. The number of ether oxygens (including phenoxy) is 2. The van der Waals surface area contributed by atoms with Crippen molar-refractivity contribution in [1.29, 1.82) is 0 Å². The number of nitrogen functional groups attached to an aromatic ring is 1. The zero-order valence-electron chi connectivity index (χ0n) is 12.2. The second-order valence-electron chi connectivity index (χ2n) is 5.09. The van der Waals surface area contributed by atoms with Crippen molar-refractivity contribution >= 4 is 5.69 Å². The number of benzene rings is 2. The van der Waals surface area contributed by atoms with Crippen LogP contribution in [0.3, 0.4) is 0 Å². The first-order valence-corrected chi connectivity index (χ1v) is 6.75. The van der Waals surface area contributed by atoms with E-state index in [1.165, 1.54) is 5.56 Å². The molecule has 0 unspecified atom stereocenters. The minimum Gasteiger partial charge on any atom is -0.497 e. The Bertz CT molecular complexity index is 562. The van der Waals surface area contributed by atoms with Crippen molar-refractivity contribution < 1.29 is 9.47 Å². The molecule has 0 atom stereocenters. The summed E-state index contributed by atoms with van der Waals surface area (Å²) < 4.78 is 10.9. The van der Waals surface area contributed by atoms with Crippen molar-refractivity contribution in [1.82, 2.24) is 0 Å². The van der Waals surface area contributed by atoms with Gasteiger partial charge in [-0.05, 0) is 41.3 Å². The molecule has 0 spiro atoms. The van der Waals surface area contributed by atoms with Crippen molar-refractivity contribution in [3.05, 3.63) is 53.6 Å². The summed E-state index contributed by atoms with van der Waals surface area (Å²) in [6.45, 7) is 4.79. The van der Waals surface area contributed by atoms with E-state index in [0.717, 1.165) is 17.1 Å². The molecule has 0 fully saturated rings. The Balaban J connectivity index is 2.03. The van der Waals surface area contributed by atoms with Crippen LogP contribution in [-0.4, -0.2) is 7.11 Å². The molecule has 106 valence electrons. The summed E-state index contributed by atoms with van der Waals surface area (Å²) in [4.78, 5) is 0. The number of methoxy groups -OCH3 is 1. The van der Waals surface area contributed by atoms with Crippen LogP contribution < -0.4 is 15.2 Å². The van der Waals surface area contributed by atoms with Gasteiger partial charge in [-0.1, -0.05) is 32.0 Å². The molecule has 0 heterocycles. The first-order chi connectivity index (χ1) is 9.60. The maximum absolute atomic E-state index is 6.02. The smallest absolute Gasteiger partial charge is 0.142 e. The molecule has 0 radical (unpaired) electrons. The van der Waals surface area contributed by atoms with E-state index in [9.17, 15) is 0 Å². The van der Waals surface area contributed by atoms with E-state index in [1.54, 1.807) is 7.11 Å². The van der Waals surface area contributed by atoms with E-state index in [2.05, 4.69) is 19.9 Å². The summed E-state index contributed by atoms with van der Waals surface area (Å²) in [5, 5.41) is 0. The van der Waals surface area contributed by atoms with Crippen molar-refractivity contribution in [2.45, 2.75) is 26.4 Å². The number of hydrogen-bond acceptors (Lipinski definition) is 3. The molecule has 0 aromatic heterocycles. The predicted molar refractivity (Wildman–Crippen MR) is 82.3 cm³/mol. The highest BCUT2D eigenvalue weighted by Gasteiger charge is 2.05. The van der Waals surface area contributed by atoms with E-state index >= 15 is 0 Å². The first-order valence-electron chi connectivity index (χ1n) is 6.75. The van der Waals surface area contributed by atoms with Crippen LogP contribution in [0.4, 0.5) is 5.69 Å². The summed E-state index contributed by atoms with van der Waals surface area (Å²) >= 11 is 0. The summed E-state index contributed by atoms with van der Waals surface area (Å²) in [5.74, 6) is 2.03. The van der Waals surface area contributed by atoms with E-state index in [0.29, 0.717) is 18.2 Å². The minimum absolute atomic E-state index is 0.466. The van der Waals surface area contributed by atoms with Gasteiger partial charge in [0.2, 0.25) is 0 Å². The Morgan fingerprint density at radius 3 is 2.30 bits per heavy atom. The second kappa shape index (κ2) is 6.33. The third kappa shape index (κ3) is 3.44. The summed E-state index contributed by atoms with van der Waals surface area (Å²) in [6, 6.07) is 13.8. The minimum atomic E-state index is 0.466. The van der Waals surface area contributed by atoms with Gasteiger partial charge in [0.15, 0.2) is 0 Å².